The number of β-lactam (4-membered cyclic amide) rings is 1. The minimum absolute atomic E-state index is 0.148. The Hall–Kier alpha value is -1.24. The molecule has 3 atom stereocenters. The monoisotopic (exact) mass is 271 g/mol. The molecule has 0 saturated carbocycles. The van der Waals surface area contributed by atoms with Crippen LogP contribution in [0.3, 0.4) is 0 Å². The number of rotatable bonds is 3. The number of carboxylic acids is 1. The molecule has 0 radical (unpaired) electrons. The van der Waals surface area contributed by atoms with Crippen LogP contribution in [0.4, 0.5) is 0 Å². The molecule has 7 heteroatoms. The van der Waals surface area contributed by atoms with Crippen molar-refractivity contribution in [1.82, 2.24) is 9.80 Å². The van der Waals surface area contributed by atoms with Crippen LogP contribution in [0.25, 0.3) is 0 Å². The summed E-state index contributed by atoms with van der Waals surface area (Å²) >= 11 is 1.51. The molecular formula is C11H17N3O3S. The summed E-state index contributed by atoms with van der Waals surface area (Å²) in [5.41, 5.74) is 0. The van der Waals surface area contributed by atoms with Crippen LogP contribution < -0.4 is 0 Å². The highest BCUT2D eigenvalue weighted by molar-refractivity contribution is 8.01. The van der Waals surface area contributed by atoms with Crippen LogP contribution in [-0.2, 0) is 9.59 Å². The second-order valence-corrected chi connectivity index (χ2v) is 7.04. The third kappa shape index (κ3) is 1.86. The van der Waals surface area contributed by atoms with Crippen molar-refractivity contribution in [3.8, 4) is 0 Å². The van der Waals surface area contributed by atoms with Crippen LogP contribution in [0.1, 0.15) is 13.8 Å². The van der Waals surface area contributed by atoms with E-state index in [0.717, 1.165) is 0 Å². The van der Waals surface area contributed by atoms with Crippen LogP contribution in [0.2, 0.25) is 0 Å². The van der Waals surface area contributed by atoms with Gasteiger partial charge in [-0.1, -0.05) is 0 Å². The zero-order valence-corrected chi connectivity index (χ0v) is 11.6. The van der Waals surface area contributed by atoms with Gasteiger partial charge in [0, 0.05) is 18.8 Å². The van der Waals surface area contributed by atoms with Crippen molar-refractivity contribution >= 4 is 30.0 Å². The number of aliphatic carboxylic acids is 1. The number of carbonyl (C=O) groups excluding carboxylic acids is 1. The van der Waals surface area contributed by atoms with Gasteiger partial charge in [0.1, 0.15) is 11.4 Å². The molecule has 1 N–H and O–H groups in total. The lowest BCUT2D eigenvalue weighted by molar-refractivity contribution is -0.158. The Morgan fingerprint density at radius 2 is 2.17 bits per heavy atom. The quantitative estimate of drug-likeness (QED) is 0.447. The molecule has 2 aliphatic rings. The molecule has 2 aliphatic heterocycles. The number of fused-ring (bicyclic) bond motifs is 1. The van der Waals surface area contributed by atoms with Gasteiger partial charge < -0.3 is 14.9 Å². The maximum Gasteiger partial charge on any atom is 0.327 e. The fraction of sp³-hybridized carbons (Fsp3) is 0.727. The molecule has 2 heterocycles. The van der Waals surface area contributed by atoms with Crippen LogP contribution in [0.15, 0.2) is 4.99 Å². The van der Waals surface area contributed by atoms with E-state index in [-0.39, 0.29) is 11.3 Å². The average Bonchev–Trinajstić information content (AvgIpc) is 2.47. The van der Waals surface area contributed by atoms with E-state index < -0.39 is 22.8 Å². The van der Waals surface area contributed by atoms with Gasteiger partial charge in [-0.3, -0.25) is 9.79 Å². The molecule has 0 aromatic heterocycles. The topological polar surface area (TPSA) is 73.2 Å². The first-order chi connectivity index (χ1) is 8.25. The molecule has 2 rings (SSSR count). The molecule has 1 amide bonds. The standard InChI is InChI=1S/C11H17N3O3S/c1-11(2)7(10(16)17)14-8(15)6(9(14)18-11)12-5-13(3)4/h5-7,9H,1-4H3,(H,16,17). The van der Waals surface area contributed by atoms with Crippen molar-refractivity contribution in [2.24, 2.45) is 4.99 Å². The zero-order valence-electron chi connectivity index (χ0n) is 10.8. The van der Waals surface area contributed by atoms with Crippen LogP contribution in [-0.4, -0.2) is 69.4 Å². The average molecular weight is 271 g/mol. The SMILES string of the molecule is CN(C)C=NC1C(=O)N2C1SC(C)(C)C2C(=O)O. The van der Waals surface area contributed by atoms with Crippen molar-refractivity contribution in [3.63, 3.8) is 0 Å². The van der Waals surface area contributed by atoms with Gasteiger partial charge in [-0.25, -0.2) is 4.79 Å². The Balaban J connectivity index is 2.19. The fourth-order valence-electron chi connectivity index (χ4n) is 2.33. The van der Waals surface area contributed by atoms with Gasteiger partial charge in [0.2, 0.25) is 0 Å². The highest BCUT2D eigenvalue weighted by Gasteiger charge is 2.63. The molecule has 18 heavy (non-hydrogen) atoms. The van der Waals surface area contributed by atoms with E-state index >= 15 is 0 Å². The van der Waals surface area contributed by atoms with E-state index in [4.69, 9.17) is 0 Å². The Labute approximate surface area is 110 Å². The summed E-state index contributed by atoms with van der Waals surface area (Å²) in [5.74, 6) is -1.14. The Kier molecular flexibility index (Phi) is 3.04. The Morgan fingerprint density at radius 1 is 1.56 bits per heavy atom. The molecular weight excluding hydrogens is 254 g/mol. The van der Waals surface area contributed by atoms with E-state index in [1.54, 1.807) is 11.2 Å². The summed E-state index contributed by atoms with van der Waals surface area (Å²) < 4.78 is -0.478. The van der Waals surface area contributed by atoms with Crippen molar-refractivity contribution < 1.29 is 14.7 Å². The lowest BCUT2D eigenvalue weighted by atomic mass is 9.96. The molecule has 2 fully saturated rings. The molecule has 0 spiro atoms. The number of aliphatic imine (C=N–C) groups is 1. The number of nitrogens with zero attached hydrogens (tertiary/aromatic N) is 3. The third-order valence-corrected chi connectivity index (χ3v) is 4.66. The summed E-state index contributed by atoms with van der Waals surface area (Å²) in [6.07, 6.45) is 1.60. The number of carboxylic acid groups (broad SMARTS) is 1. The summed E-state index contributed by atoms with van der Waals surface area (Å²) in [6.45, 7) is 3.71. The van der Waals surface area contributed by atoms with Gasteiger partial charge >= 0.3 is 5.97 Å². The van der Waals surface area contributed by atoms with Crippen molar-refractivity contribution in [2.45, 2.75) is 36.1 Å². The Morgan fingerprint density at radius 3 is 2.67 bits per heavy atom. The smallest absolute Gasteiger partial charge is 0.327 e. The van der Waals surface area contributed by atoms with Gasteiger partial charge in [0.15, 0.2) is 6.04 Å². The first-order valence-electron chi connectivity index (χ1n) is 5.68. The Bertz CT molecular complexity index is 422. The van der Waals surface area contributed by atoms with Gasteiger partial charge in [-0.2, -0.15) is 0 Å². The summed E-state index contributed by atoms with van der Waals surface area (Å²) in [4.78, 5) is 30.7. The van der Waals surface area contributed by atoms with Gasteiger partial charge in [0.05, 0.1) is 6.34 Å². The molecule has 0 aliphatic carbocycles. The summed E-state index contributed by atoms with van der Waals surface area (Å²) in [5, 5.41) is 9.09. The van der Waals surface area contributed by atoms with Gasteiger partial charge in [-0.05, 0) is 13.8 Å². The predicted octanol–water partition coefficient (Wildman–Crippen LogP) is 0.0918. The van der Waals surface area contributed by atoms with Gasteiger partial charge in [-0.15, -0.1) is 11.8 Å². The summed E-state index contributed by atoms with van der Waals surface area (Å²) in [6, 6.07) is -1.20. The molecule has 0 aromatic rings. The second-order valence-electron chi connectivity index (χ2n) is 5.27. The molecule has 100 valence electrons. The largest absolute Gasteiger partial charge is 0.480 e. The van der Waals surface area contributed by atoms with Gasteiger partial charge in [0.25, 0.3) is 5.91 Å². The normalized spacial score (nSPS) is 33.4. The van der Waals surface area contributed by atoms with Crippen LogP contribution in [0.5, 0.6) is 0 Å². The minimum Gasteiger partial charge on any atom is -0.480 e. The lowest BCUT2D eigenvalue weighted by Crippen LogP contribution is -2.65. The first kappa shape index (κ1) is 13.2. The van der Waals surface area contributed by atoms with Crippen molar-refractivity contribution in [2.75, 3.05) is 14.1 Å². The highest BCUT2D eigenvalue weighted by atomic mass is 32.2. The van der Waals surface area contributed by atoms with Crippen LogP contribution >= 0.6 is 11.8 Å². The van der Waals surface area contributed by atoms with E-state index in [1.165, 1.54) is 16.7 Å². The number of thioether (sulfide) groups is 1. The van der Waals surface area contributed by atoms with Crippen LogP contribution in [0, 0.1) is 0 Å². The number of amides is 1. The first-order valence-corrected chi connectivity index (χ1v) is 6.56. The summed E-state index contributed by atoms with van der Waals surface area (Å²) in [7, 11) is 3.66. The number of hydrogen-bond acceptors (Lipinski definition) is 4. The van der Waals surface area contributed by atoms with Crippen molar-refractivity contribution in [3.05, 3.63) is 0 Å². The van der Waals surface area contributed by atoms with E-state index in [0.29, 0.717) is 0 Å². The second kappa shape index (κ2) is 4.15. The molecule has 3 unspecified atom stereocenters. The fourth-order valence-corrected chi connectivity index (χ4v) is 3.96. The minimum atomic E-state index is -0.946. The highest BCUT2D eigenvalue weighted by Crippen LogP contribution is 2.51. The maximum atomic E-state index is 12.0. The molecule has 0 aromatic carbocycles. The third-order valence-electron chi connectivity index (χ3n) is 3.11. The zero-order chi connectivity index (χ0) is 13.7. The van der Waals surface area contributed by atoms with E-state index in [9.17, 15) is 14.7 Å². The van der Waals surface area contributed by atoms with E-state index in [2.05, 4.69) is 4.99 Å². The number of hydrogen-bond donors (Lipinski definition) is 1. The van der Waals surface area contributed by atoms with E-state index in [1.807, 2.05) is 27.9 Å². The molecule has 6 nitrogen and oxygen atoms in total. The lowest BCUT2D eigenvalue weighted by Gasteiger charge is -2.41. The molecule has 0 bridgehead atoms. The maximum absolute atomic E-state index is 12.0. The van der Waals surface area contributed by atoms with Crippen molar-refractivity contribution in [1.29, 1.82) is 0 Å². The predicted molar refractivity (Wildman–Crippen MR) is 69.7 cm³/mol. The molecule has 2 saturated heterocycles. The number of carbonyl (C=O) groups is 2.